The molecular formula is C20H21FN4OS. The van der Waals surface area contributed by atoms with E-state index in [1.165, 1.54) is 30.7 Å². The first-order valence-corrected chi connectivity index (χ1v) is 9.43. The van der Waals surface area contributed by atoms with Crippen molar-refractivity contribution in [2.45, 2.75) is 19.4 Å². The Morgan fingerprint density at radius 1 is 1.22 bits per heavy atom. The molecule has 0 aliphatic carbocycles. The number of hydrogen-bond acceptors (Lipinski definition) is 3. The summed E-state index contributed by atoms with van der Waals surface area (Å²) in [5, 5.41) is 0. The lowest BCUT2D eigenvalue weighted by Gasteiger charge is -2.24. The van der Waals surface area contributed by atoms with E-state index in [1.807, 2.05) is 18.2 Å². The molecule has 0 bridgehead atoms. The molecule has 5 nitrogen and oxygen atoms in total. The van der Waals surface area contributed by atoms with E-state index in [2.05, 4.69) is 20.9 Å². The van der Waals surface area contributed by atoms with Crippen LogP contribution in [0.2, 0.25) is 0 Å². The van der Waals surface area contributed by atoms with Gasteiger partial charge in [0.15, 0.2) is 4.77 Å². The number of carbonyl (C=O) groups excluding carboxylic acids is 1. The van der Waals surface area contributed by atoms with E-state index in [4.69, 9.17) is 12.2 Å². The third-order valence-electron chi connectivity index (χ3n) is 5.01. The van der Waals surface area contributed by atoms with Crippen molar-refractivity contribution in [2.24, 2.45) is 0 Å². The first-order valence-electron chi connectivity index (χ1n) is 9.03. The predicted molar refractivity (Wildman–Crippen MR) is 107 cm³/mol. The molecule has 1 amide bonds. The maximum atomic E-state index is 14.0. The number of aromatic nitrogens is 2. The van der Waals surface area contributed by atoms with E-state index in [0.29, 0.717) is 22.3 Å². The lowest BCUT2D eigenvalue weighted by molar-refractivity contribution is 0.0786. The molecule has 0 radical (unpaired) electrons. The van der Waals surface area contributed by atoms with Crippen LogP contribution in [-0.4, -0.2) is 40.9 Å². The van der Waals surface area contributed by atoms with E-state index >= 15 is 0 Å². The van der Waals surface area contributed by atoms with E-state index in [1.54, 1.807) is 11.9 Å². The molecule has 7 heteroatoms. The monoisotopic (exact) mass is 384 g/mol. The topological polar surface area (TPSA) is 55.1 Å². The van der Waals surface area contributed by atoms with Crippen LogP contribution in [0.25, 0.3) is 11.0 Å². The number of aromatic amines is 2. The Morgan fingerprint density at radius 2 is 1.96 bits per heavy atom. The van der Waals surface area contributed by atoms with Gasteiger partial charge in [-0.15, -0.1) is 0 Å². The maximum absolute atomic E-state index is 14.0. The Morgan fingerprint density at radius 3 is 2.74 bits per heavy atom. The van der Waals surface area contributed by atoms with Crippen molar-refractivity contribution in [3.8, 4) is 0 Å². The second-order valence-corrected chi connectivity index (χ2v) is 7.35. The van der Waals surface area contributed by atoms with Crippen molar-refractivity contribution in [1.82, 2.24) is 14.9 Å². The summed E-state index contributed by atoms with van der Waals surface area (Å²) in [7, 11) is 1.74. The van der Waals surface area contributed by atoms with Crippen LogP contribution in [0.4, 0.5) is 10.1 Å². The minimum Gasteiger partial charge on any atom is -0.371 e. The number of anilines is 1. The Bertz CT molecular complexity index is 1050. The normalized spacial score (nSPS) is 14.1. The van der Waals surface area contributed by atoms with Crippen molar-refractivity contribution in [3.05, 3.63) is 58.1 Å². The molecule has 1 saturated heterocycles. The van der Waals surface area contributed by atoms with Gasteiger partial charge in [0, 0.05) is 32.4 Å². The molecule has 27 heavy (non-hydrogen) atoms. The van der Waals surface area contributed by atoms with Gasteiger partial charge in [-0.3, -0.25) is 4.79 Å². The molecule has 0 saturated carbocycles. The third kappa shape index (κ3) is 3.47. The highest BCUT2D eigenvalue weighted by atomic mass is 32.1. The molecule has 2 heterocycles. The van der Waals surface area contributed by atoms with Crippen LogP contribution < -0.4 is 4.90 Å². The van der Waals surface area contributed by atoms with Crippen LogP contribution in [0.1, 0.15) is 28.8 Å². The smallest absolute Gasteiger partial charge is 0.256 e. The Kier molecular flexibility index (Phi) is 4.70. The fraction of sp³-hybridized carbons (Fsp3) is 0.300. The van der Waals surface area contributed by atoms with Gasteiger partial charge in [-0.2, -0.15) is 0 Å². The SMILES string of the molecule is CN(Cc1ccccc1N1CCCC1)C(=O)c1cc(F)cc2[nH]c(=S)[nH]c12. The summed E-state index contributed by atoms with van der Waals surface area (Å²) in [5.74, 6) is -0.719. The minimum absolute atomic E-state index is 0.249. The summed E-state index contributed by atoms with van der Waals surface area (Å²) in [6.07, 6.45) is 2.38. The highest BCUT2D eigenvalue weighted by molar-refractivity contribution is 7.71. The van der Waals surface area contributed by atoms with E-state index in [9.17, 15) is 9.18 Å². The highest BCUT2D eigenvalue weighted by Gasteiger charge is 2.21. The third-order valence-corrected chi connectivity index (χ3v) is 5.22. The van der Waals surface area contributed by atoms with E-state index in [0.717, 1.165) is 18.7 Å². The standard InChI is InChI=1S/C20H21FN4OS/c1-24(12-13-6-2-3-7-17(13)25-8-4-5-9-25)19(26)15-10-14(21)11-16-18(15)23-20(27)22-16/h2-3,6-7,10-11H,4-5,8-9,12H2,1H3,(H2,22,23,27). The molecule has 2 N–H and O–H groups in total. The predicted octanol–water partition coefficient (Wildman–Crippen LogP) is 4.24. The first kappa shape index (κ1) is 17.7. The van der Waals surface area contributed by atoms with Crippen LogP contribution >= 0.6 is 12.2 Å². The average molecular weight is 384 g/mol. The van der Waals surface area contributed by atoms with Crippen molar-refractivity contribution in [3.63, 3.8) is 0 Å². The zero-order valence-corrected chi connectivity index (χ0v) is 15.9. The fourth-order valence-electron chi connectivity index (χ4n) is 3.72. The molecule has 3 aromatic rings. The second kappa shape index (κ2) is 7.15. The number of H-pyrrole nitrogens is 2. The number of imidazole rings is 1. The van der Waals surface area contributed by atoms with Gasteiger partial charge in [-0.05, 0) is 48.8 Å². The average Bonchev–Trinajstić information content (AvgIpc) is 3.29. The lowest BCUT2D eigenvalue weighted by atomic mass is 10.1. The largest absolute Gasteiger partial charge is 0.371 e. The van der Waals surface area contributed by atoms with Crippen LogP contribution in [0.5, 0.6) is 0 Å². The fourth-order valence-corrected chi connectivity index (χ4v) is 3.93. The first-order chi connectivity index (χ1) is 13.0. The summed E-state index contributed by atoms with van der Waals surface area (Å²) in [6, 6.07) is 10.7. The van der Waals surface area contributed by atoms with Gasteiger partial charge in [0.1, 0.15) is 5.82 Å². The van der Waals surface area contributed by atoms with Crippen LogP contribution in [0.15, 0.2) is 36.4 Å². The molecule has 4 rings (SSSR count). The number of nitrogens with zero attached hydrogens (tertiary/aromatic N) is 2. The molecule has 2 aromatic carbocycles. The summed E-state index contributed by atoms with van der Waals surface area (Å²) in [6.45, 7) is 2.53. The number of nitrogens with one attached hydrogen (secondary N) is 2. The van der Waals surface area contributed by atoms with Gasteiger partial charge in [0.2, 0.25) is 0 Å². The zero-order chi connectivity index (χ0) is 19.0. The van der Waals surface area contributed by atoms with Gasteiger partial charge < -0.3 is 19.8 Å². The van der Waals surface area contributed by atoms with Crippen LogP contribution in [0, 0.1) is 10.6 Å². The van der Waals surface area contributed by atoms with Crippen molar-refractivity contribution in [2.75, 3.05) is 25.0 Å². The minimum atomic E-state index is -0.470. The maximum Gasteiger partial charge on any atom is 0.256 e. The highest BCUT2D eigenvalue weighted by Crippen LogP contribution is 2.26. The summed E-state index contributed by atoms with van der Waals surface area (Å²) >= 11 is 5.09. The Hall–Kier alpha value is -2.67. The molecular weight excluding hydrogens is 363 g/mol. The number of benzene rings is 2. The number of hydrogen-bond donors (Lipinski definition) is 2. The van der Waals surface area contributed by atoms with Crippen LogP contribution in [0.3, 0.4) is 0 Å². The number of fused-ring (bicyclic) bond motifs is 1. The molecule has 1 fully saturated rings. The summed E-state index contributed by atoms with van der Waals surface area (Å²) < 4.78 is 14.3. The quantitative estimate of drug-likeness (QED) is 0.662. The molecule has 0 unspecified atom stereocenters. The Balaban J connectivity index is 1.64. The van der Waals surface area contributed by atoms with Crippen molar-refractivity contribution in [1.29, 1.82) is 0 Å². The Labute approximate surface area is 161 Å². The van der Waals surface area contributed by atoms with Crippen molar-refractivity contribution >= 4 is 34.8 Å². The van der Waals surface area contributed by atoms with E-state index < -0.39 is 5.82 Å². The van der Waals surface area contributed by atoms with Crippen LogP contribution in [-0.2, 0) is 6.54 Å². The van der Waals surface area contributed by atoms with Gasteiger partial charge in [0.05, 0.1) is 16.6 Å². The van der Waals surface area contributed by atoms with Crippen molar-refractivity contribution < 1.29 is 9.18 Å². The number of carbonyl (C=O) groups is 1. The van der Waals surface area contributed by atoms with Gasteiger partial charge >= 0.3 is 0 Å². The molecule has 1 aliphatic rings. The van der Waals surface area contributed by atoms with Gasteiger partial charge in [-0.25, -0.2) is 4.39 Å². The molecule has 1 aromatic heterocycles. The number of amides is 1. The van der Waals surface area contributed by atoms with Gasteiger partial charge in [0.25, 0.3) is 5.91 Å². The molecule has 1 aliphatic heterocycles. The lowest BCUT2D eigenvalue weighted by Crippen LogP contribution is -2.28. The van der Waals surface area contributed by atoms with Gasteiger partial charge in [-0.1, -0.05) is 18.2 Å². The summed E-state index contributed by atoms with van der Waals surface area (Å²) in [4.78, 5) is 22.8. The number of para-hydroxylation sites is 1. The molecule has 0 atom stereocenters. The summed E-state index contributed by atoms with van der Waals surface area (Å²) in [5.41, 5.74) is 3.56. The number of halogens is 1. The zero-order valence-electron chi connectivity index (χ0n) is 15.1. The number of rotatable bonds is 4. The molecule has 0 spiro atoms. The molecule has 140 valence electrons. The van der Waals surface area contributed by atoms with E-state index in [-0.39, 0.29) is 11.5 Å². The second-order valence-electron chi connectivity index (χ2n) is 6.94.